The highest BCUT2D eigenvalue weighted by Gasteiger charge is 1.97. The second-order valence-electron chi connectivity index (χ2n) is 2.63. The Bertz CT molecular complexity index is 418. The van der Waals surface area contributed by atoms with Crippen LogP contribution >= 0.6 is 11.6 Å². The van der Waals surface area contributed by atoms with Crippen molar-refractivity contribution in [1.82, 2.24) is 15.4 Å². The zero-order chi connectivity index (χ0) is 9.80. The predicted molar refractivity (Wildman–Crippen MR) is 54.6 cm³/mol. The van der Waals surface area contributed by atoms with Crippen LogP contribution in [0.4, 0.5) is 11.5 Å². The number of anilines is 2. The molecule has 0 aliphatic rings. The maximum atomic E-state index is 5.66. The highest BCUT2D eigenvalue weighted by atomic mass is 35.5. The van der Waals surface area contributed by atoms with Crippen molar-refractivity contribution in [2.45, 2.75) is 0 Å². The summed E-state index contributed by atoms with van der Waals surface area (Å²) in [6.45, 7) is 0. The third kappa shape index (κ3) is 2.17. The van der Waals surface area contributed by atoms with Crippen molar-refractivity contribution in [3.63, 3.8) is 0 Å². The van der Waals surface area contributed by atoms with E-state index in [2.05, 4.69) is 20.7 Å². The summed E-state index contributed by atoms with van der Waals surface area (Å²) in [4.78, 5) is 0. The Labute approximate surface area is 85.9 Å². The van der Waals surface area contributed by atoms with Crippen LogP contribution in [0, 0.1) is 0 Å². The van der Waals surface area contributed by atoms with Gasteiger partial charge >= 0.3 is 0 Å². The first-order valence-corrected chi connectivity index (χ1v) is 4.40. The number of para-hydroxylation sites is 1. The second kappa shape index (κ2) is 4.02. The van der Waals surface area contributed by atoms with Gasteiger partial charge in [-0.15, -0.1) is 10.2 Å². The molecule has 1 aromatic heterocycles. The molecule has 0 aliphatic carbocycles. The molecular formula is C9H7ClN4. The molecule has 0 spiro atoms. The fourth-order valence-corrected chi connectivity index (χ4v) is 1.15. The normalized spacial score (nSPS) is 9.79. The predicted octanol–water partition coefficient (Wildman–Crippen LogP) is 2.27. The van der Waals surface area contributed by atoms with E-state index in [4.69, 9.17) is 11.6 Å². The number of halogens is 1. The Morgan fingerprint density at radius 1 is 1.07 bits per heavy atom. The number of rotatable bonds is 2. The molecule has 0 unspecified atom stereocenters. The monoisotopic (exact) mass is 206 g/mol. The third-order valence-electron chi connectivity index (χ3n) is 1.59. The lowest BCUT2D eigenvalue weighted by atomic mass is 10.3. The molecule has 4 nitrogen and oxygen atoms in total. The third-order valence-corrected chi connectivity index (χ3v) is 1.78. The Morgan fingerprint density at radius 2 is 1.86 bits per heavy atom. The van der Waals surface area contributed by atoms with E-state index >= 15 is 0 Å². The zero-order valence-electron chi connectivity index (χ0n) is 7.18. The maximum absolute atomic E-state index is 5.66. The van der Waals surface area contributed by atoms with E-state index in [9.17, 15) is 0 Å². The summed E-state index contributed by atoms with van der Waals surface area (Å²) >= 11 is 5.66. The highest BCUT2D eigenvalue weighted by molar-refractivity contribution is 6.29. The quantitative estimate of drug-likeness (QED) is 0.819. The number of hydrogen-bond acceptors (Lipinski definition) is 4. The number of nitrogens with one attached hydrogen (secondary N) is 1. The lowest BCUT2D eigenvalue weighted by Crippen LogP contribution is -1.96. The Balaban J connectivity index is 2.19. The minimum atomic E-state index is 0.318. The van der Waals surface area contributed by atoms with Gasteiger partial charge in [0.05, 0.1) is 0 Å². The van der Waals surface area contributed by atoms with Crippen LogP contribution in [0.25, 0.3) is 0 Å². The summed E-state index contributed by atoms with van der Waals surface area (Å²) in [5, 5.41) is 14.2. The van der Waals surface area contributed by atoms with Crippen molar-refractivity contribution in [2.75, 3.05) is 5.32 Å². The molecule has 0 saturated heterocycles. The number of aromatic nitrogens is 3. The minimum absolute atomic E-state index is 0.318. The largest absolute Gasteiger partial charge is 0.339 e. The molecule has 0 saturated carbocycles. The van der Waals surface area contributed by atoms with Crippen LogP contribution in [-0.2, 0) is 0 Å². The van der Waals surface area contributed by atoms with Gasteiger partial charge in [-0.1, -0.05) is 29.8 Å². The molecule has 1 aromatic carbocycles. The molecule has 1 heterocycles. The van der Waals surface area contributed by atoms with E-state index in [1.807, 2.05) is 30.3 Å². The van der Waals surface area contributed by atoms with Gasteiger partial charge in [0.1, 0.15) is 0 Å². The van der Waals surface area contributed by atoms with Crippen LogP contribution in [0.3, 0.4) is 0 Å². The molecule has 14 heavy (non-hydrogen) atoms. The van der Waals surface area contributed by atoms with Crippen LogP contribution in [0.5, 0.6) is 0 Å². The van der Waals surface area contributed by atoms with Gasteiger partial charge in [0, 0.05) is 11.8 Å². The Kier molecular flexibility index (Phi) is 2.55. The molecule has 2 aromatic rings. The molecule has 1 N–H and O–H groups in total. The second-order valence-corrected chi connectivity index (χ2v) is 3.02. The minimum Gasteiger partial charge on any atom is -0.339 e. The van der Waals surface area contributed by atoms with Crippen molar-refractivity contribution < 1.29 is 0 Å². The van der Waals surface area contributed by atoms with E-state index in [-0.39, 0.29) is 0 Å². The molecule has 0 amide bonds. The lowest BCUT2D eigenvalue weighted by Gasteiger charge is -2.02. The van der Waals surface area contributed by atoms with Crippen LogP contribution in [0.15, 0.2) is 36.4 Å². The summed E-state index contributed by atoms with van der Waals surface area (Å²) in [6, 6.07) is 11.3. The van der Waals surface area contributed by atoms with Gasteiger partial charge in [-0.05, 0) is 17.3 Å². The molecule has 0 atom stereocenters. The SMILES string of the molecule is Clc1cc(Nc2ccccc2)nnn1. The van der Waals surface area contributed by atoms with Crippen molar-refractivity contribution in [3.05, 3.63) is 41.6 Å². The maximum Gasteiger partial charge on any atom is 0.157 e. The van der Waals surface area contributed by atoms with Gasteiger partial charge in [-0.25, -0.2) is 0 Å². The number of nitrogens with zero attached hydrogens (tertiary/aromatic N) is 3. The molecule has 2 rings (SSSR count). The van der Waals surface area contributed by atoms with Crippen molar-refractivity contribution in [3.8, 4) is 0 Å². The Morgan fingerprint density at radius 3 is 2.57 bits per heavy atom. The van der Waals surface area contributed by atoms with Gasteiger partial charge in [0.25, 0.3) is 0 Å². The Hall–Kier alpha value is -1.68. The van der Waals surface area contributed by atoms with Crippen molar-refractivity contribution >= 4 is 23.1 Å². The molecule has 0 aliphatic heterocycles. The lowest BCUT2D eigenvalue weighted by molar-refractivity contribution is 0.871. The van der Waals surface area contributed by atoms with Gasteiger partial charge < -0.3 is 5.32 Å². The summed E-state index contributed by atoms with van der Waals surface area (Å²) in [6.07, 6.45) is 0. The first-order chi connectivity index (χ1) is 6.84. The van der Waals surface area contributed by atoms with Gasteiger partial charge in [-0.2, -0.15) is 0 Å². The van der Waals surface area contributed by atoms with E-state index in [1.54, 1.807) is 6.07 Å². The van der Waals surface area contributed by atoms with Gasteiger partial charge in [-0.3, -0.25) is 0 Å². The first-order valence-electron chi connectivity index (χ1n) is 4.02. The van der Waals surface area contributed by atoms with E-state index < -0.39 is 0 Å². The molecule has 70 valence electrons. The van der Waals surface area contributed by atoms with Gasteiger partial charge in [0.15, 0.2) is 11.0 Å². The topological polar surface area (TPSA) is 50.7 Å². The molecular weight excluding hydrogens is 200 g/mol. The first kappa shape index (κ1) is 8.90. The highest BCUT2D eigenvalue weighted by Crippen LogP contribution is 2.14. The molecule has 5 heteroatoms. The van der Waals surface area contributed by atoms with Crippen LogP contribution < -0.4 is 5.32 Å². The van der Waals surface area contributed by atoms with Gasteiger partial charge in [0.2, 0.25) is 0 Å². The van der Waals surface area contributed by atoms with Crippen LogP contribution in [-0.4, -0.2) is 15.4 Å². The molecule has 0 radical (unpaired) electrons. The average molecular weight is 207 g/mol. The standard InChI is InChI=1S/C9H7ClN4/c10-8-6-9(13-14-12-8)11-7-4-2-1-3-5-7/h1-6H,(H,11,12,13). The van der Waals surface area contributed by atoms with Crippen molar-refractivity contribution in [2.24, 2.45) is 0 Å². The summed E-state index contributed by atoms with van der Waals surface area (Å²) in [5.41, 5.74) is 0.934. The fraction of sp³-hybridized carbons (Fsp3) is 0. The summed E-state index contributed by atoms with van der Waals surface area (Å²) in [5.74, 6) is 0.580. The van der Waals surface area contributed by atoms with Crippen LogP contribution in [0.1, 0.15) is 0 Å². The van der Waals surface area contributed by atoms with Crippen molar-refractivity contribution in [1.29, 1.82) is 0 Å². The number of hydrogen-bond donors (Lipinski definition) is 1. The zero-order valence-corrected chi connectivity index (χ0v) is 7.94. The summed E-state index contributed by atoms with van der Waals surface area (Å²) < 4.78 is 0. The average Bonchev–Trinajstić information content (AvgIpc) is 2.19. The fourth-order valence-electron chi connectivity index (χ4n) is 1.01. The molecule has 0 fully saturated rings. The number of benzene rings is 1. The van der Waals surface area contributed by atoms with Crippen LogP contribution in [0.2, 0.25) is 5.15 Å². The summed E-state index contributed by atoms with van der Waals surface area (Å²) in [7, 11) is 0. The van der Waals surface area contributed by atoms with E-state index in [0.717, 1.165) is 5.69 Å². The van der Waals surface area contributed by atoms with E-state index in [1.165, 1.54) is 0 Å². The smallest absolute Gasteiger partial charge is 0.157 e. The van der Waals surface area contributed by atoms with E-state index in [0.29, 0.717) is 11.0 Å². The molecule has 0 bridgehead atoms.